The standard InChI is InChI=1S/C5H4INOS/c1-3(8)5-7-2-4(6)9-5/h2H,1H3. The third-order valence-electron chi connectivity index (χ3n) is 0.779. The Hall–Kier alpha value is 0.0300. The van der Waals surface area contributed by atoms with Crippen molar-refractivity contribution < 1.29 is 4.79 Å². The number of aromatic nitrogens is 1. The Kier molecular flexibility index (Phi) is 2.18. The van der Waals surface area contributed by atoms with Crippen molar-refractivity contribution in [3.63, 3.8) is 0 Å². The van der Waals surface area contributed by atoms with E-state index >= 15 is 0 Å². The van der Waals surface area contributed by atoms with Gasteiger partial charge in [-0.05, 0) is 22.6 Å². The number of hydrogen-bond acceptors (Lipinski definition) is 3. The summed E-state index contributed by atoms with van der Waals surface area (Å²) in [4.78, 5) is 14.5. The minimum absolute atomic E-state index is 0.0444. The average molecular weight is 253 g/mol. The molecule has 0 spiro atoms. The molecule has 0 saturated heterocycles. The molecule has 0 N–H and O–H groups in total. The Morgan fingerprint density at radius 2 is 2.56 bits per heavy atom. The monoisotopic (exact) mass is 253 g/mol. The van der Waals surface area contributed by atoms with Crippen LogP contribution in [-0.4, -0.2) is 10.8 Å². The molecule has 0 radical (unpaired) electrons. The van der Waals surface area contributed by atoms with Gasteiger partial charge < -0.3 is 0 Å². The molecule has 2 nitrogen and oxygen atoms in total. The van der Waals surface area contributed by atoms with Gasteiger partial charge in [-0.25, -0.2) is 4.98 Å². The molecular formula is C5H4INOS. The van der Waals surface area contributed by atoms with E-state index in [-0.39, 0.29) is 5.78 Å². The van der Waals surface area contributed by atoms with Gasteiger partial charge in [-0.2, -0.15) is 0 Å². The van der Waals surface area contributed by atoms with Gasteiger partial charge in [0, 0.05) is 6.92 Å². The first-order valence-electron chi connectivity index (χ1n) is 2.32. The summed E-state index contributed by atoms with van der Waals surface area (Å²) in [5, 5.41) is 0.597. The first kappa shape index (κ1) is 7.14. The molecule has 0 unspecified atom stereocenters. The predicted octanol–water partition coefficient (Wildman–Crippen LogP) is 1.95. The molecule has 1 heterocycles. The van der Waals surface area contributed by atoms with Gasteiger partial charge in [0.25, 0.3) is 0 Å². The van der Waals surface area contributed by atoms with Gasteiger partial charge in [-0.1, -0.05) is 0 Å². The maximum atomic E-state index is 10.6. The van der Waals surface area contributed by atoms with Crippen molar-refractivity contribution in [3.05, 3.63) is 14.1 Å². The number of carbonyl (C=O) groups is 1. The number of hydrogen-bond donors (Lipinski definition) is 0. The fourth-order valence-corrected chi connectivity index (χ4v) is 1.72. The molecule has 0 amide bonds. The highest BCUT2D eigenvalue weighted by Crippen LogP contribution is 2.14. The van der Waals surface area contributed by atoms with Gasteiger partial charge in [0.1, 0.15) is 0 Å². The zero-order valence-electron chi connectivity index (χ0n) is 4.72. The van der Waals surface area contributed by atoms with E-state index in [1.807, 2.05) is 0 Å². The molecule has 1 aromatic heterocycles. The second-order valence-corrected chi connectivity index (χ2v) is 4.45. The van der Waals surface area contributed by atoms with Crippen LogP contribution >= 0.6 is 33.9 Å². The summed E-state index contributed by atoms with van der Waals surface area (Å²) in [5.74, 6) is 0.0444. The van der Waals surface area contributed by atoms with Gasteiger partial charge in [0.15, 0.2) is 10.8 Å². The molecule has 0 bridgehead atoms. The fraction of sp³-hybridized carbons (Fsp3) is 0.200. The Bertz CT molecular complexity index is 233. The molecule has 9 heavy (non-hydrogen) atoms. The molecule has 0 atom stereocenters. The van der Waals surface area contributed by atoms with Crippen LogP contribution in [0.2, 0.25) is 0 Å². The van der Waals surface area contributed by atoms with E-state index in [9.17, 15) is 4.79 Å². The SMILES string of the molecule is CC(=O)c1ncc(I)s1. The second kappa shape index (κ2) is 2.74. The smallest absolute Gasteiger partial charge is 0.188 e. The van der Waals surface area contributed by atoms with E-state index in [0.717, 1.165) is 2.88 Å². The zero-order chi connectivity index (χ0) is 6.85. The van der Waals surface area contributed by atoms with Crippen molar-refractivity contribution in [2.24, 2.45) is 0 Å². The van der Waals surface area contributed by atoms with Crippen LogP contribution < -0.4 is 0 Å². The molecule has 0 aliphatic heterocycles. The molecule has 0 fully saturated rings. The Balaban J connectivity index is 2.98. The Labute approximate surface area is 70.4 Å². The highest BCUT2D eigenvalue weighted by molar-refractivity contribution is 14.1. The predicted molar refractivity (Wildman–Crippen MR) is 44.8 cm³/mol. The lowest BCUT2D eigenvalue weighted by molar-refractivity contribution is 0.101. The summed E-state index contributed by atoms with van der Waals surface area (Å²) >= 11 is 3.56. The normalized spacial score (nSPS) is 9.56. The number of thiazole rings is 1. The number of nitrogens with zero attached hydrogens (tertiary/aromatic N) is 1. The molecule has 0 aliphatic carbocycles. The lowest BCUT2D eigenvalue weighted by Crippen LogP contribution is -1.87. The lowest BCUT2D eigenvalue weighted by atomic mass is 10.5. The summed E-state index contributed by atoms with van der Waals surface area (Å²) in [6.07, 6.45) is 1.70. The summed E-state index contributed by atoms with van der Waals surface area (Å²) in [5.41, 5.74) is 0. The fourth-order valence-electron chi connectivity index (χ4n) is 0.417. The minimum Gasteiger partial charge on any atom is -0.292 e. The van der Waals surface area contributed by atoms with Crippen LogP contribution in [0.25, 0.3) is 0 Å². The first-order valence-corrected chi connectivity index (χ1v) is 4.22. The van der Waals surface area contributed by atoms with Crippen LogP contribution in [0.1, 0.15) is 16.7 Å². The van der Waals surface area contributed by atoms with E-state index in [1.54, 1.807) is 6.20 Å². The van der Waals surface area contributed by atoms with Crippen LogP contribution in [-0.2, 0) is 0 Å². The maximum Gasteiger partial charge on any atom is 0.188 e. The van der Waals surface area contributed by atoms with E-state index in [2.05, 4.69) is 27.6 Å². The van der Waals surface area contributed by atoms with Crippen molar-refractivity contribution in [1.29, 1.82) is 0 Å². The highest BCUT2D eigenvalue weighted by atomic mass is 127. The average Bonchev–Trinajstić information content (AvgIpc) is 2.14. The summed E-state index contributed by atoms with van der Waals surface area (Å²) < 4.78 is 1.05. The number of rotatable bonds is 1. The molecular weight excluding hydrogens is 249 g/mol. The number of Topliss-reactive ketones (excluding diaryl/α,β-unsaturated/α-hetero) is 1. The van der Waals surface area contributed by atoms with E-state index in [1.165, 1.54) is 18.3 Å². The summed E-state index contributed by atoms with van der Waals surface area (Å²) in [7, 11) is 0. The third-order valence-corrected chi connectivity index (χ3v) is 2.60. The number of ketones is 1. The second-order valence-electron chi connectivity index (χ2n) is 1.53. The summed E-state index contributed by atoms with van der Waals surface area (Å²) in [6.45, 7) is 1.52. The molecule has 4 heteroatoms. The van der Waals surface area contributed by atoms with Crippen LogP contribution in [0.5, 0.6) is 0 Å². The molecule has 0 aliphatic rings. The summed E-state index contributed by atoms with van der Waals surface area (Å²) in [6, 6.07) is 0. The van der Waals surface area contributed by atoms with Crippen molar-refractivity contribution in [3.8, 4) is 0 Å². The number of carbonyl (C=O) groups excluding carboxylic acids is 1. The minimum atomic E-state index is 0.0444. The van der Waals surface area contributed by atoms with Gasteiger partial charge in [0.05, 0.1) is 9.08 Å². The lowest BCUT2D eigenvalue weighted by Gasteiger charge is -1.78. The molecule has 1 aromatic rings. The highest BCUT2D eigenvalue weighted by Gasteiger charge is 2.02. The van der Waals surface area contributed by atoms with Gasteiger partial charge in [-0.15, -0.1) is 11.3 Å². The van der Waals surface area contributed by atoms with Crippen molar-refractivity contribution in [1.82, 2.24) is 4.98 Å². The van der Waals surface area contributed by atoms with Gasteiger partial charge in [0.2, 0.25) is 0 Å². The van der Waals surface area contributed by atoms with Crippen LogP contribution in [0.15, 0.2) is 6.20 Å². The third kappa shape index (κ3) is 1.72. The van der Waals surface area contributed by atoms with Crippen LogP contribution in [0.3, 0.4) is 0 Å². The van der Waals surface area contributed by atoms with Crippen molar-refractivity contribution in [2.45, 2.75) is 6.92 Å². The van der Waals surface area contributed by atoms with Crippen LogP contribution in [0.4, 0.5) is 0 Å². The van der Waals surface area contributed by atoms with Crippen molar-refractivity contribution >= 4 is 39.7 Å². The van der Waals surface area contributed by atoms with E-state index < -0.39 is 0 Å². The number of halogens is 1. The zero-order valence-corrected chi connectivity index (χ0v) is 7.69. The maximum absolute atomic E-state index is 10.6. The van der Waals surface area contributed by atoms with Crippen LogP contribution in [0, 0.1) is 2.88 Å². The molecule has 1 rings (SSSR count). The van der Waals surface area contributed by atoms with Gasteiger partial charge in [-0.3, -0.25) is 4.79 Å². The molecule has 0 saturated carbocycles. The first-order chi connectivity index (χ1) is 4.20. The van der Waals surface area contributed by atoms with E-state index in [4.69, 9.17) is 0 Å². The Morgan fingerprint density at radius 3 is 2.78 bits per heavy atom. The quantitative estimate of drug-likeness (QED) is 0.565. The van der Waals surface area contributed by atoms with Gasteiger partial charge >= 0.3 is 0 Å². The van der Waals surface area contributed by atoms with Crippen molar-refractivity contribution in [2.75, 3.05) is 0 Å². The molecule has 48 valence electrons. The Morgan fingerprint density at radius 1 is 1.89 bits per heavy atom. The largest absolute Gasteiger partial charge is 0.292 e. The molecule has 0 aromatic carbocycles. The topological polar surface area (TPSA) is 30.0 Å². The van der Waals surface area contributed by atoms with E-state index in [0.29, 0.717) is 5.01 Å².